The Morgan fingerprint density at radius 1 is 1.19 bits per heavy atom. The van der Waals surface area contributed by atoms with Crippen LogP contribution in [0, 0.1) is 0 Å². The first-order valence-electron chi connectivity index (χ1n) is 6.36. The Balaban J connectivity index is 2.43. The first kappa shape index (κ1) is 17.5. The highest BCUT2D eigenvalue weighted by molar-refractivity contribution is 8.00. The van der Waals surface area contributed by atoms with E-state index in [0.29, 0.717) is 17.2 Å². The summed E-state index contributed by atoms with van der Waals surface area (Å²) in [5.74, 6) is -0.862. The number of amides is 1. The highest BCUT2D eigenvalue weighted by Gasteiger charge is 2.16. The van der Waals surface area contributed by atoms with Crippen LogP contribution < -0.4 is 5.32 Å². The average molecular weight is 331 g/mol. The molecular weight excluding hydrogens is 314 g/mol. The van der Waals surface area contributed by atoms with Gasteiger partial charge in [0.2, 0.25) is 5.91 Å². The number of esters is 2. The van der Waals surface area contributed by atoms with Gasteiger partial charge >= 0.3 is 11.9 Å². The largest absolute Gasteiger partial charge is 0.465 e. The number of thioether (sulfide) groups is 1. The molecule has 1 amide bonds. The molecule has 6 nitrogen and oxygen atoms in total. The van der Waals surface area contributed by atoms with Crippen molar-refractivity contribution in [3.05, 3.63) is 17.0 Å². The molecule has 1 aromatic heterocycles. The van der Waals surface area contributed by atoms with Crippen LogP contribution in [0.4, 0.5) is 5.00 Å². The van der Waals surface area contributed by atoms with Gasteiger partial charge < -0.3 is 14.8 Å². The van der Waals surface area contributed by atoms with Gasteiger partial charge in [-0.2, -0.15) is 0 Å². The van der Waals surface area contributed by atoms with Gasteiger partial charge in [-0.25, -0.2) is 4.79 Å². The monoisotopic (exact) mass is 331 g/mol. The van der Waals surface area contributed by atoms with Crippen LogP contribution in [-0.4, -0.2) is 42.6 Å². The molecule has 0 atom stereocenters. The number of thiophene rings is 1. The summed E-state index contributed by atoms with van der Waals surface area (Å²) in [6, 6.07) is 1.60. The molecule has 1 aromatic rings. The Morgan fingerprint density at radius 2 is 1.90 bits per heavy atom. The van der Waals surface area contributed by atoms with E-state index in [2.05, 4.69) is 5.32 Å². The topological polar surface area (TPSA) is 81.7 Å². The maximum Gasteiger partial charge on any atom is 0.341 e. The molecule has 0 spiro atoms. The van der Waals surface area contributed by atoms with E-state index >= 15 is 0 Å². The number of hydrogen-bond acceptors (Lipinski definition) is 7. The summed E-state index contributed by atoms with van der Waals surface area (Å²) in [5, 5.41) is 4.80. The minimum atomic E-state index is -0.465. The summed E-state index contributed by atoms with van der Waals surface area (Å²) in [7, 11) is 0. The fourth-order valence-electron chi connectivity index (χ4n) is 1.37. The van der Waals surface area contributed by atoms with Crippen LogP contribution in [0.3, 0.4) is 0 Å². The maximum atomic E-state index is 11.8. The highest BCUT2D eigenvalue weighted by atomic mass is 32.2. The molecule has 0 saturated heterocycles. The number of nitrogens with one attached hydrogen (secondary N) is 1. The zero-order valence-corrected chi connectivity index (χ0v) is 13.5. The van der Waals surface area contributed by atoms with Gasteiger partial charge in [0, 0.05) is 0 Å². The summed E-state index contributed by atoms with van der Waals surface area (Å²) in [6.07, 6.45) is 0. The Bertz CT molecular complexity index is 501. The van der Waals surface area contributed by atoms with Crippen LogP contribution >= 0.6 is 23.1 Å². The number of hydrogen-bond donors (Lipinski definition) is 1. The molecule has 1 rings (SSSR count). The Kier molecular flexibility index (Phi) is 7.84. The lowest BCUT2D eigenvalue weighted by atomic mass is 10.3. The average Bonchev–Trinajstić information content (AvgIpc) is 2.87. The van der Waals surface area contributed by atoms with Crippen molar-refractivity contribution >= 4 is 45.9 Å². The Labute approximate surface area is 131 Å². The first-order valence-corrected chi connectivity index (χ1v) is 8.39. The van der Waals surface area contributed by atoms with Gasteiger partial charge in [-0.1, -0.05) is 0 Å². The van der Waals surface area contributed by atoms with Gasteiger partial charge in [0.15, 0.2) is 0 Å². The highest BCUT2D eigenvalue weighted by Crippen LogP contribution is 2.24. The van der Waals surface area contributed by atoms with Crippen LogP contribution in [0.15, 0.2) is 11.4 Å². The van der Waals surface area contributed by atoms with E-state index in [0.717, 1.165) is 11.8 Å². The summed E-state index contributed by atoms with van der Waals surface area (Å²) in [4.78, 5) is 34.5. The molecule has 0 aliphatic rings. The quantitative estimate of drug-likeness (QED) is 0.735. The lowest BCUT2D eigenvalue weighted by molar-refractivity contribution is -0.139. The van der Waals surface area contributed by atoms with Crippen molar-refractivity contribution in [1.29, 1.82) is 0 Å². The van der Waals surface area contributed by atoms with Gasteiger partial charge in [0.1, 0.15) is 5.00 Å². The molecule has 0 fully saturated rings. The standard InChI is InChI=1S/C13H17NO5S2/c1-3-18-11(16)8-20-7-10(15)14-12-9(5-6-21-12)13(17)19-4-2/h5-6H,3-4,7-8H2,1-2H3,(H,14,15). The van der Waals surface area contributed by atoms with Crippen LogP contribution in [0.25, 0.3) is 0 Å². The second-order valence-electron chi connectivity index (χ2n) is 3.73. The normalized spacial score (nSPS) is 10.0. The van der Waals surface area contributed by atoms with Gasteiger partial charge in [-0.3, -0.25) is 9.59 Å². The van der Waals surface area contributed by atoms with Crippen LogP contribution in [0.5, 0.6) is 0 Å². The van der Waals surface area contributed by atoms with Crippen molar-refractivity contribution in [2.45, 2.75) is 13.8 Å². The predicted octanol–water partition coefficient (Wildman–Crippen LogP) is 2.16. The van der Waals surface area contributed by atoms with Gasteiger partial charge in [0.25, 0.3) is 0 Å². The van der Waals surface area contributed by atoms with Crippen LogP contribution in [-0.2, 0) is 19.1 Å². The fourth-order valence-corrected chi connectivity index (χ4v) is 2.77. The SMILES string of the molecule is CCOC(=O)CSCC(=O)Nc1sccc1C(=O)OCC. The molecular formula is C13H17NO5S2. The molecule has 21 heavy (non-hydrogen) atoms. The van der Waals surface area contributed by atoms with Crippen molar-refractivity contribution in [1.82, 2.24) is 0 Å². The summed E-state index contributed by atoms with van der Waals surface area (Å²) < 4.78 is 9.65. The third-order valence-corrected chi connectivity index (χ3v) is 3.91. The zero-order chi connectivity index (χ0) is 15.7. The number of carbonyl (C=O) groups is 3. The predicted molar refractivity (Wildman–Crippen MR) is 82.9 cm³/mol. The van der Waals surface area contributed by atoms with E-state index in [9.17, 15) is 14.4 Å². The van der Waals surface area contributed by atoms with Crippen molar-refractivity contribution < 1.29 is 23.9 Å². The van der Waals surface area contributed by atoms with E-state index in [4.69, 9.17) is 9.47 Å². The molecule has 8 heteroatoms. The lowest BCUT2D eigenvalue weighted by Crippen LogP contribution is -2.17. The van der Waals surface area contributed by atoms with E-state index in [1.165, 1.54) is 11.3 Å². The lowest BCUT2D eigenvalue weighted by Gasteiger charge is -2.06. The Morgan fingerprint density at radius 3 is 2.57 bits per heavy atom. The number of anilines is 1. The minimum absolute atomic E-state index is 0.110. The summed E-state index contributed by atoms with van der Waals surface area (Å²) in [6.45, 7) is 4.04. The minimum Gasteiger partial charge on any atom is -0.465 e. The van der Waals surface area contributed by atoms with E-state index < -0.39 is 5.97 Å². The molecule has 0 bridgehead atoms. The third kappa shape index (κ3) is 6.17. The van der Waals surface area contributed by atoms with E-state index in [-0.39, 0.29) is 30.0 Å². The first-order chi connectivity index (χ1) is 10.1. The van der Waals surface area contributed by atoms with Gasteiger partial charge in [-0.15, -0.1) is 23.1 Å². The molecule has 0 radical (unpaired) electrons. The molecule has 1 N–H and O–H groups in total. The van der Waals surface area contributed by atoms with Crippen LogP contribution in [0.2, 0.25) is 0 Å². The molecule has 0 aliphatic carbocycles. The van der Waals surface area contributed by atoms with Crippen molar-refractivity contribution in [2.75, 3.05) is 30.0 Å². The molecule has 0 saturated carbocycles. The van der Waals surface area contributed by atoms with Crippen molar-refractivity contribution in [2.24, 2.45) is 0 Å². The van der Waals surface area contributed by atoms with E-state index in [1.807, 2.05) is 0 Å². The second kappa shape index (κ2) is 9.41. The van der Waals surface area contributed by atoms with Crippen molar-refractivity contribution in [3.8, 4) is 0 Å². The third-order valence-electron chi connectivity index (χ3n) is 2.17. The van der Waals surface area contributed by atoms with Crippen molar-refractivity contribution in [3.63, 3.8) is 0 Å². The Hall–Kier alpha value is -1.54. The van der Waals surface area contributed by atoms with Crippen LogP contribution in [0.1, 0.15) is 24.2 Å². The number of rotatable bonds is 8. The molecule has 0 aromatic carbocycles. The number of carbonyl (C=O) groups excluding carboxylic acids is 3. The fraction of sp³-hybridized carbons (Fsp3) is 0.462. The van der Waals surface area contributed by atoms with E-state index in [1.54, 1.807) is 25.3 Å². The molecule has 116 valence electrons. The van der Waals surface area contributed by atoms with Gasteiger partial charge in [-0.05, 0) is 25.3 Å². The maximum absolute atomic E-state index is 11.8. The second-order valence-corrected chi connectivity index (χ2v) is 5.63. The molecule has 1 heterocycles. The van der Waals surface area contributed by atoms with Gasteiger partial charge in [0.05, 0.1) is 30.3 Å². The number of ether oxygens (including phenoxy) is 2. The summed E-state index contributed by atoms with van der Waals surface area (Å²) in [5.41, 5.74) is 0.339. The zero-order valence-electron chi connectivity index (χ0n) is 11.8. The summed E-state index contributed by atoms with van der Waals surface area (Å²) >= 11 is 2.40. The molecule has 0 unspecified atom stereocenters. The smallest absolute Gasteiger partial charge is 0.341 e. The molecule has 0 aliphatic heterocycles.